The fourth-order valence-electron chi connectivity index (χ4n) is 1.86. The Bertz CT molecular complexity index is 435. The first-order valence-electron chi connectivity index (χ1n) is 5.22. The van der Waals surface area contributed by atoms with Crippen LogP contribution in [-0.4, -0.2) is 44.8 Å². The molecule has 0 aliphatic carbocycles. The van der Waals surface area contributed by atoms with Crippen molar-refractivity contribution in [2.75, 3.05) is 13.1 Å². The van der Waals surface area contributed by atoms with Crippen LogP contribution in [0.3, 0.4) is 0 Å². The van der Waals surface area contributed by atoms with E-state index < -0.39 is 5.60 Å². The first kappa shape index (κ1) is 11.0. The van der Waals surface area contributed by atoms with E-state index in [-0.39, 0.29) is 5.91 Å². The maximum absolute atomic E-state index is 12.0. The Labute approximate surface area is 94.1 Å². The van der Waals surface area contributed by atoms with Crippen LogP contribution < -0.4 is 0 Å². The fraction of sp³-hybridized carbons (Fsp3) is 0.545. The molecule has 2 heterocycles. The molecular weight excluding hydrogens is 206 g/mol. The minimum Gasteiger partial charge on any atom is -0.386 e. The zero-order chi connectivity index (χ0) is 11.9. The molecule has 1 aromatic heterocycles. The predicted octanol–water partition coefficient (Wildman–Crippen LogP) is 0.300. The van der Waals surface area contributed by atoms with Gasteiger partial charge in [0.05, 0.1) is 35.6 Å². The molecule has 0 radical (unpaired) electrons. The highest BCUT2D eigenvalue weighted by Crippen LogP contribution is 2.22. The molecule has 5 heteroatoms. The topological polar surface area (TPSA) is 66.3 Å². The van der Waals surface area contributed by atoms with E-state index in [1.807, 2.05) is 0 Å². The average Bonchev–Trinajstić information content (AvgIpc) is 2.17. The van der Waals surface area contributed by atoms with Crippen molar-refractivity contribution in [1.82, 2.24) is 15.1 Å². The fourth-order valence-corrected chi connectivity index (χ4v) is 1.86. The van der Waals surface area contributed by atoms with Gasteiger partial charge < -0.3 is 10.0 Å². The van der Waals surface area contributed by atoms with Crippen LogP contribution in [0, 0.1) is 13.8 Å². The number of β-amino-alcohol motifs (C(OH)–C–C–N with tert-alkyl or cyclic N) is 1. The first-order chi connectivity index (χ1) is 7.39. The van der Waals surface area contributed by atoms with Crippen molar-refractivity contribution in [3.05, 3.63) is 23.0 Å². The van der Waals surface area contributed by atoms with Crippen LogP contribution in [0.5, 0.6) is 0 Å². The number of amides is 1. The first-order valence-corrected chi connectivity index (χ1v) is 5.22. The summed E-state index contributed by atoms with van der Waals surface area (Å²) in [6.45, 7) is 6.05. The molecule has 16 heavy (non-hydrogen) atoms. The molecule has 1 amide bonds. The van der Waals surface area contributed by atoms with Gasteiger partial charge in [0.1, 0.15) is 0 Å². The van der Waals surface area contributed by atoms with Crippen LogP contribution in [0.25, 0.3) is 0 Å². The van der Waals surface area contributed by atoms with Crippen LogP contribution in [0.2, 0.25) is 0 Å². The summed E-state index contributed by atoms with van der Waals surface area (Å²) >= 11 is 0. The summed E-state index contributed by atoms with van der Waals surface area (Å²) in [5.41, 5.74) is 1.19. The highest BCUT2D eigenvalue weighted by atomic mass is 16.3. The van der Waals surface area contributed by atoms with E-state index in [0.29, 0.717) is 24.3 Å². The number of aromatic nitrogens is 2. The molecule has 1 saturated heterocycles. The summed E-state index contributed by atoms with van der Waals surface area (Å²) in [7, 11) is 0. The second kappa shape index (κ2) is 3.52. The number of carbonyl (C=O) groups is 1. The minimum atomic E-state index is -0.737. The molecule has 0 spiro atoms. The zero-order valence-electron chi connectivity index (χ0n) is 9.69. The monoisotopic (exact) mass is 221 g/mol. The molecule has 0 saturated carbocycles. The summed E-state index contributed by atoms with van der Waals surface area (Å²) in [5, 5.41) is 17.4. The van der Waals surface area contributed by atoms with Gasteiger partial charge in [0.15, 0.2) is 0 Å². The van der Waals surface area contributed by atoms with Crippen molar-refractivity contribution >= 4 is 5.91 Å². The van der Waals surface area contributed by atoms with Crippen molar-refractivity contribution in [3.63, 3.8) is 0 Å². The van der Waals surface area contributed by atoms with E-state index in [1.54, 1.807) is 31.7 Å². The molecule has 0 aromatic carbocycles. The third-order valence-electron chi connectivity index (χ3n) is 2.68. The van der Waals surface area contributed by atoms with Crippen LogP contribution in [0.1, 0.15) is 28.7 Å². The van der Waals surface area contributed by atoms with Gasteiger partial charge in [0, 0.05) is 0 Å². The third kappa shape index (κ3) is 1.90. The van der Waals surface area contributed by atoms with E-state index in [9.17, 15) is 9.90 Å². The number of likely N-dealkylation sites (tertiary alicyclic amines) is 1. The normalized spacial score (nSPS) is 18.1. The van der Waals surface area contributed by atoms with Gasteiger partial charge in [-0.3, -0.25) is 4.79 Å². The maximum atomic E-state index is 12.0. The number of hydrogen-bond donors (Lipinski definition) is 1. The van der Waals surface area contributed by atoms with Crippen LogP contribution >= 0.6 is 0 Å². The summed E-state index contributed by atoms with van der Waals surface area (Å²) in [6.07, 6.45) is 0. The van der Waals surface area contributed by atoms with Crippen LogP contribution in [-0.2, 0) is 0 Å². The molecule has 1 aliphatic heterocycles. The third-order valence-corrected chi connectivity index (χ3v) is 2.68. The van der Waals surface area contributed by atoms with Gasteiger partial charge in [-0.1, -0.05) is 0 Å². The Balaban J connectivity index is 2.19. The molecule has 86 valence electrons. The number of hydrogen-bond acceptors (Lipinski definition) is 4. The molecule has 1 aliphatic rings. The van der Waals surface area contributed by atoms with Crippen LogP contribution in [0.4, 0.5) is 0 Å². The van der Waals surface area contributed by atoms with E-state index in [4.69, 9.17) is 0 Å². The predicted molar refractivity (Wildman–Crippen MR) is 58.0 cm³/mol. The number of carbonyl (C=O) groups excluding carboxylic acids is 1. The molecular formula is C11H15N3O2. The summed E-state index contributed by atoms with van der Waals surface area (Å²) < 4.78 is 0. The highest BCUT2D eigenvalue weighted by molar-refractivity contribution is 5.95. The van der Waals surface area contributed by atoms with Gasteiger partial charge in [0.2, 0.25) is 0 Å². The molecule has 0 bridgehead atoms. The van der Waals surface area contributed by atoms with Crippen molar-refractivity contribution in [1.29, 1.82) is 0 Å². The number of nitrogens with zero attached hydrogens (tertiary/aromatic N) is 3. The van der Waals surface area contributed by atoms with Gasteiger partial charge in [0.25, 0.3) is 5.91 Å². The molecule has 1 N–H and O–H groups in total. The second-order valence-corrected chi connectivity index (χ2v) is 4.64. The molecule has 5 nitrogen and oxygen atoms in total. The maximum Gasteiger partial charge on any atom is 0.256 e. The Morgan fingerprint density at radius 1 is 1.44 bits per heavy atom. The van der Waals surface area contributed by atoms with Gasteiger partial charge in [-0.25, -0.2) is 0 Å². The molecule has 1 fully saturated rings. The lowest BCUT2D eigenvalue weighted by Crippen LogP contribution is -2.61. The average molecular weight is 221 g/mol. The largest absolute Gasteiger partial charge is 0.386 e. The number of aryl methyl sites for hydroxylation is 2. The van der Waals surface area contributed by atoms with Crippen molar-refractivity contribution < 1.29 is 9.90 Å². The lowest BCUT2D eigenvalue weighted by atomic mass is 9.95. The van der Waals surface area contributed by atoms with Gasteiger partial charge in [-0.2, -0.15) is 10.2 Å². The van der Waals surface area contributed by atoms with Gasteiger partial charge in [-0.05, 0) is 26.8 Å². The number of aliphatic hydroxyl groups is 1. The Morgan fingerprint density at radius 3 is 2.62 bits per heavy atom. The molecule has 2 rings (SSSR count). The Kier molecular flexibility index (Phi) is 2.42. The Hall–Kier alpha value is -1.49. The SMILES string of the molecule is Cc1cc(C(=O)N2CC(C)(O)C2)c(C)nn1. The summed E-state index contributed by atoms with van der Waals surface area (Å²) in [4.78, 5) is 13.6. The van der Waals surface area contributed by atoms with Gasteiger partial charge >= 0.3 is 0 Å². The number of rotatable bonds is 1. The van der Waals surface area contributed by atoms with Crippen molar-refractivity contribution in [3.8, 4) is 0 Å². The summed E-state index contributed by atoms with van der Waals surface area (Å²) in [5.74, 6) is -0.0815. The van der Waals surface area contributed by atoms with Crippen molar-refractivity contribution in [2.24, 2.45) is 0 Å². The lowest BCUT2D eigenvalue weighted by Gasteiger charge is -2.44. The smallest absolute Gasteiger partial charge is 0.256 e. The lowest BCUT2D eigenvalue weighted by molar-refractivity contribution is -0.0669. The minimum absolute atomic E-state index is 0.0815. The van der Waals surface area contributed by atoms with E-state index in [2.05, 4.69) is 10.2 Å². The molecule has 0 atom stereocenters. The Morgan fingerprint density at radius 2 is 2.06 bits per heavy atom. The van der Waals surface area contributed by atoms with E-state index in [0.717, 1.165) is 5.69 Å². The van der Waals surface area contributed by atoms with Crippen molar-refractivity contribution in [2.45, 2.75) is 26.4 Å². The standard InChI is InChI=1S/C11H15N3O2/c1-7-4-9(8(2)13-12-7)10(15)14-5-11(3,16)6-14/h4,16H,5-6H2,1-3H3. The van der Waals surface area contributed by atoms with Crippen LogP contribution in [0.15, 0.2) is 6.07 Å². The van der Waals surface area contributed by atoms with E-state index in [1.165, 1.54) is 0 Å². The zero-order valence-corrected chi connectivity index (χ0v) is 9.69. The second-order valence-electron chi connectivity index (χ2n) is 4.64. The summed E-state index contributed by atoms with van der Waals surface area (Å²) in [6, 6.07) is 1.73. The highest BCUT2D eigenvalue weighted by Gasteiger charge is 2.40. The van der Waals surface area contributed by atoms with E-state index >= 15 is 0 Å². The van der Waals surface area contributed by atoms with Gasteiger partial charge in [-0.15, -0.1) is 0 Å². The molecule has 0 unspecified atom stereocenters. The molecule has 1 aromatic rings. The quantitative estimate of drug-likeness (QED) is 0.740.